The highest BCUT2D eigenvalue weighted by Crippen LogP contribution is 2.56. The number of carbonyl (C=O) groups is 2. The van der Waals surface area contributed by atoms with E-state index < -0.39 is 4.87 Å². The number of amides is 2. The molecule has 1 atom stereocenters. The fourth-order valence-corrected chi connectivity index (χ4v) is 5.59. The molecule has 2 aromatic rings. The highest BCUT2D eigenvalue weighted by molar-refractivity contribution is 8.02. The number of carbonyl (C=O) groups excluding carboxylic acids is 2. The third-order valence-electron chi connectivity index (χ3n) is 5.38. The van der Waals surface area contributed by atoms with Crippen LogP contribution in [0, 0.1) is 0 Å². The van der Waals surface area contributed by atoms with E-state index in [4.69, 9.17) is 0 Å². The third kappa shape index (κ3) is 2.15. The van der Waals surface area contributed by atoms with Crippen molar-refractivity contribution in [3.63, 3.8) is 0 Å². The van der Waals surface area contributed by atoms with Crippen molar-refractivity contribution in [2.24, 2.45) is 0 Å². The van der Waals surface area contributed by atoms with Crippen molar-refractivity contribution in [1.82, 2.24) is 0 Å². The Labute approximate surface area is 150 Å². The Balaban J connectivity index is 1.48. The Morgan fingerprint density at radius 3 is 2.84 bits per heavy atom. The Morgan fingerprint density at radius 1 is 1.08 bits per heavy atom. The van der Waals surface area contributed by atoms with E-state index in [1.54, 1.807) is 4.90 Å². The van der Waals surface area contributed by atoms with Crippen molar-refractivity contribution >= 4 is 35.0 Å². The Morgan fingerprint density at radius 2 is 1.92 bits per heavy atom. The van der Waals surface area contributed by atoms with E-state index >= 15 is 0 Å². The van der Waals surface area contributed by atoms with Crippen molar-refractivity contribution in [1.29, 1.82) is 0 Å². The minimum absolute atomic E-state index is 0.0292. The second kappa shape index (κ2) is 5.36. The molecule has 5 rings (SSSR count). The van der Waals surface area contributed by atoms with Crippen LogP contribution < -0.4 is 10.2 Å². The van der Waals surface area contributed by atoms with Crippen LogP contribution in [0.25, 0.3) is 0 Å². The third-order valence-corrected chi connectivity index (χ3v) is 6.86. The molecule has 5 heteroatoms. The summed E-state index contributed by atoms with van der Waals surface area (Å²) in [5.74, 6) is -0.0703. The highest BCUT2D eigenvalue weighted by atomic mass is 32.2. The molecule has 1 saturated heterocycles. The number of benzene rings is 2. The lowest BCUT2D eigenvalue weighted by atomic mass is 10.1. The first-order valence-corrected chi connectivity index (χ1v) is 9.53. The van der Waals surface area contributed by atoms with Crippen LogP contribution >= 0.6 is 11.8 Å². The molecule has 4 nitrogen and oxygen atoms in total. The average Bonchev–Trinajstić information content (AvgIpc) is 3.29. The summed E-state index contributed by atoms with van der Waals surface area (Å²) in [4.78, 5) is 27.5. The summed E-state index contributed by atoms with van der Waals surface area (Å²) in [6.07, 6.45) is 4.35. The van der Waals surface area contributed by atoms with Gasteiger partial charge in [0.15, 0.2) is 4.87 Å². The molecular weight excluding hydrogens is 332 g/mol. The quantitative estimate of drug-likeness (QED) is 0.897. The maximum Gasteiger partial charge on any atom is 0.261 e. The minimum atomic E-state index is -0.847. The molecule has 2 amide bonds. The van der Waals surface area contributed by atoms with Gasteiger partial charge in [0.1, 0.15) is 0 Å². The Kier molecular flexibility index (Phi) is 3.22. The summed E-state index contributed by atoms with van der Waals surface area (Å²) in [5.41, 5.74) is 4.41. The summed E-state index contributed by atoms with van der Waals surface area (Å²) in [5, 5.41) is 3.08. The average molecular weight is 350 g/mol. The van der Waals surface area contributed by atoms with Crippen molar-refractivity contribution in [2.45, 2.75) is 41.9 Å². The van der Waals surface area contributed by atoms with E-state index in [9.17, 15) is 9.59 Å². The zero-order valence-electron chi connectivity index (χ0n) is 13.7. The topological polar surface area (TPSA) is 49.4 Å². The number of para-hydroxylation sites is 1. The van der Waals surface area contributed by atoms with E-state index in [-0.39, 0.29) is 11.8 Å². The first-order chi connectivity index (χ1) is 12.2. The Bertz CT molecular complexity index is 910. The minimum Gasteiger partial charge on any atom is -0.323 e. The Hall–Kier alpha value is -2.27. The SMILES string of the molecule is O=C1CCC2(C(=O)Nc3ccc4c(c3)CCC4)Sc3ccccc3N12. The van der Waals surface area contributed by atoms with Crippen LogP contribution in [0.5, 0.6) is 0 Å². The van der Waals surface area contributed by atoms with Crippen molar-refractivity contribution in [3.05, 3.63) is 53.6 Å². The van der Waals surface area contributed by atoms with Gasteiger partial charge in [-0.15, -0.1) is 0 Å². The number of rotatable bonds is 2. The zero-order chi connectivity index (χ0) is 17.0. The summed E-state index contributed by atoms with van der Waals surface area (Å²) in [6, 6.07) is 14.0. The molecule has 0 aromatic heterocycles. The summed E-state index contributed by atoms with van der Waals surface area (Å²) < 4.78 is 0. The van der Waals surface area contributed by atoms with Gasteiger partial charge in [-0.1, -0.05) is 30.0 Å². The number of fused-ring (bicyclic) bond motifs is 4. The van der Waals surface area contributed by atoms with Crippen molar-refractivity contribution in [2.75, 3.05) is 10.2 Å². The molecule has 126 valence electrons. The molecule has 2 aromatic carbocycles. The number of anilines is 2. The predicted molar refractivity (Wildman–Crippen MR) is 98.8 cm³/mol. The van der Waals surface area contributed by atoms with Gasteiger partial charge in [0.05, 0.1) is 5.69 Å². The molecule has 1 unspecified atom stereocenters. The van der Waals surface area contributed by atoms with Crippen LogP contribution in [0.1, 0.15) is 30.4 Å². The van der Waals surface area contributed by atoms with E-state index in [1.807, 2.05) is 30.3 Å². The number of nitrogens with zero attached hydrogens (tertiary/aromatic N) is 1. The summed E-state index contributed by atoms with van der Waals surface area (Å²) in [6.45, 7) is 0. The summed E-state index contributed by atoms with van der Waals surface area (Å²) in [7, 11) is 0. The molecule has 0 spiro atoms. The molecular formula is C20H18N2O2S. The number of hydrogen-bond acceptors (Lipinski definition) is 3. The lowest BCUT2D eigenvalue weighted by Gasteiger charge is -2.29. The van der Waals surface area contributed by atoms with Gasteiger partial charge in [0.25, 0.3) is 5.91 Å². The van der Waals surface area contributed by atoms with Crippen LogP contribution in [0.3, 0.4) is 0 Å². The summed E-state index contributed by atoms with van der Waals surface area (Å²) >= 11 is 1.50. The standard InChI is InChI=1S/C20H18N2O2S/c23-18-10-11-20(22(18)16-6-1-2-7-17(16)25-20)19(24)21-15-9-8-13-4-3-5-14(13)12-15/h1-2,6-9,12H,3-5,10-11H2,(H,21,24). The number of aryl methyl sites for hydroxylation is 2. The maximum absolute atomic E-state index is 13.2. The molecule has 0 bridgehead atoms. The predicted octanol–water partition coefficient (Wildman–Crippen LogP) is 3.74. The molecule has 2 aliphatic heterocycles. The van der Waals surface area contributed by atoms with Gasteiger partial charge in [0, 0.05) is 17.0 Å². The fraction of sp³-hybridized carbons (Fsp3) is 0.300. The van der Waals surface area contributed by atoms with Crippen LogP contribution in [0.2, 0.25) is 0 Å². The van der Waals surface area contributed by atoms with Crippen LogP contribution in [-0.4, -0.2) is 16.7 Å². The lowest BCUT2D eigenvalue weighted by molar-refractivity contribution is -0.121. The second-order valence-corrected chi connectivity index (χ2v) is 8.19. The maximum atomic E-state index is 13.2. The number of hydrogen-bond donors (Lipinski definition) is 1. The van der Waals surface area contributed by atoms with E-state index in [1.165, 1.54) is 29.3 Å². The molecule has 25 heavy (non-hydrogen) atoms. The van der Waals surface area contributed by atoms with Gasteiger partial charge in [0.2, 0.25) is 5.91 Å². The zero-order valence-corrected chi connectivity index (χ0v) is 14.6. The highest BCUT2D eigenvalue weighted by Gasteiger charge is 2.57. The van der Waals surface area contributed by atoms with E-state index in [0.717, 1.165) is 29.1 Å². The molecule has 0 saturated carbocycles. The number of thioether (sulfide) groups is 1. The molecule has 0 radical (unpaired) electrons. The second-order valence-electron chi connectivity index (χ2n) is 6.87. The largest absolute Gasteiger partial charge is 0.323 e. The van der Waals surface area contributed by atoms with Gasteiger partial charge in [-0.3, -0.25) is 14.5 Å². The van der Waals surface area contributed by atoms with Gasteiger partial charge < -0.3 is 5.32 Å². The van der Waals surface area contributed by atoms with E-state index in [2.05, 4.69) is 17.4 Å². The lowest BCUT2D eigenvalue weighted by Crippen LogP contribution is -2.49. The molecule has 1 fully saturated rings. The number of nitrogens with one attached hydrogen (secondary N) is 1. The smallest absolute Gasteiger partial charge is 0.261 e. The fourth-order valence-electron chi connectivity index (χ4n) is 4.18. The van der Waals surface area contributed by atoms with Gasteiger partial charge in [-0.25, -0.2) is 0 Å². The normalized spacial score (nSPS) is 23.4. The first kappa shape index (κ1) is 15.0. The van der Waals surface area contributed by atoms with Gasteiger partial charge in [-0.05, 0) is 61.1 Å². The van der Waals surface area contributed by atoms with Crippen molar-refractivity contribution in [3.8, 4) is 0 Å². The molecule has 1 aliphatic carbocycles. The van der Waals surface area contributed by atoms with E-state index in [0.29, 0.717) is 12.8 Å². The van der Waals surface area contributed by atoms with Crippen molar-refractivity contribution < 1.29 is 9.59 Å². The van der Waals surface area contributed by atoms with Gasteiger partial charge in [-0.2, -0.15) is 0 Å². The molecule has 3 aliphatic rings. The molecule has 1 N–H and O–H groups in total. The van der Waals surface area contributed by atoms with Crippen LogP contribution in [0.15, 0.2) is 47.4 Å². The monoisotopic (exact) mass is 350 g/mol. The van der Waals surface area contributed by atoms with Crippen LogP contribution in [0.4, 0.5) is 11.4 Å². The van der Waals surface area contributed by atoms with Crippen LogP contribution in [-0.2, 0) is 22.4 Å². The molecule has 2 heterocycles. The van der Waals surface area contributed by atoms with Gasteiger partial charge >= 0.3 is 0 Å². The first-order valence-electron chi connectivity index (χ1n) is 8.72.